The Morgan fingerprint density at radius 1 is 1.21 bits per heavy atom. The summed E-state index contributed by atoms with van der Waals surface area (Å²) in [4.78, 5) is 18.8. The number of amides is 1. The van der Waals surface area contributed by atoms with Crippen LogP contribution in [0, 0.1) is 30.6 Å². The third kappa shape index (κ3) is 15.1. The number of alkyl halides is 3. The van der Waals surface area contributed by atoms with Crippen molar-refractivity contribution in [3.05, 3.63) is 29.8 Å². The van der Waals surface area contributed by atoms with Crippen LogP contribution >= 0.6 is 11.8 Å². The van der Waals surface area contributed by atoms with Crippen molar-refractivity contribution in [1.29, 1.82) is 0 Å². The zero-order chi connectivity index (χ0) is 26.3. The van der Waals surface area contributed by atoms with Gasteiger partial charge in [0.1, 0.15) is 5.84 Å². The topological polar surface area (TPSA) is 74.0 Å². The van der Waals surface area contributed by atoms with Gasteiger partial charge < -0.3 is 0 Å². The van der Waals surface area contributed by atoms with Gasteiger partial charge in [-0.3, -0.25) is 15.0 Å². The number of aliphatic imine (C=N–C) groups is 2. The molecule has 1 heterocycles. The molecule has 0 aromatic heterocycles. The Morgan fingerprint density at radius 3 is 2.26 bits per heavy atom. The van der Waals surface area contributed by atoms with Crippen LogP contribution in [0.1, 0.15) is 66.4 Å². The van der Waals surface area contributed by atoms with Gasteiger partial charge in [-0.05, 0) is 61.9 Å². The van der Waals surface area contributed by atoms with Gasteiger partial charge >= 0.3 is 5.51 Å². The van der Waals surface area contributed by atoms with Gasteiger partial charge in [-0.1, -0.05) is 65.2 Å². The van der Waals surface area contributed by atoms with Crippen molar-refractivity contribution in [2.75, 3.05) is 6.54 Å². The van der Waals surface area contributed by atoms with E-state index in [1.54, 1.807) is 31.5 Å². The summed E-state index contributed by atoms with van der Waals surface area (Å²) in [5.41, 5.74) is -1.80. The van der Waals surface area contributed by atoms with E-state index in [9.17, 15) is 18.0 Å². The molecule has 1 aromatic rings. The highest BCUT2D eigenvalue weighted by Crippen LogP contribution is 2.36. The third-order valence-electron chi connectivity index (χ3n) is 5.38. The second-order valence-electron chi connectivity index (χ2n) is 8.80. The fraction of sp³-hybridized carbons (Fsp3) is 0.640. The number of nitrogens with one attached hydrogen (secondary N) is 1. The molecule has 0 saturated heterocycles. The van der Waals surface area contributed by atoms with E-state index in [1.807, 2.05) is 0 Å². The molecule has 2 rings (SSSR count). The highest BCUT2D eigenvalue weighted by molar-refractivity contribution is 8.00. The minimum atomic E-state index is -4.19. The number of carbonyl (C=O) groups excluding carboxylic acids is 1. The Labute approximate surface area is 206 Å². The minimum absolute atomic E-state index is 0.0851. The van der Waals surface area contributed by atoms with Gasteiger partial charge in [-0.25, -0.2) is 10.5 Å². The summed E-state index contributed by atoms with van der Waals surface area (Å²) < 4.78 is 35.5. The summed E-state index contributed by atoms with van der Waals surface area (Å²) in [5, 5.41) is 8.24. The molecule has 1 aliphatic rings. The predicted octanol–water partition coefficient (Wildman–Crippen LogP) is 7.32. The summed E-state index contributed by atoms with van der Waals surface area (Å²) in [5.74, 6) is 2.51. The van der Waals surface area contributed by atoms with E-state index in [4.69, 9.17) is 5.21 Å². The van der Waals surface area contributed by atoms with Crippen molar-refractivity contribution < 1.29 is 23.2 Å². The lowest BCUT2D eigenvalue weighted by molar-refractivity contribution is -0.130. The lowest BCUT2D eigenvalue weighted by Crippen LogP contribution is -2.32. The van der Waals surface area contributed by atoms with Crippen LogP contribution in [0.5, 0.6) is 0 Å². The first-order valence-corrected chi connectivity index (χ1v) is 12.5. The van der Waals surface area contributed by atoms with Crippen LogP contribution in [-0.4, -0.2) is 35.2 Å². The summed E-state index contributed by atoms with van der Waals surface area (Å²) in [6, 6.07) is 6.34. The van der Waals surface area contributed by atoms with E-state index in [0.717, 1.165) is 23.3 Å². The van der Waals surface area contributed by atoms with Crippen molar-refractivity contribution in [2.45, 2.75) is 78.1 Å². The van der Waals surface area contributed by atoms with Crippen LogP contribution in [0.25, 0.3) is 0 Å². The monoisotopic (exact) mass is 503 g/mol. The molecule has 0 saturated carbocycles. The quantitative estimate of drug-likeness (QED) is 0.232. The average Bonchev–Trinajstić information content (AvgIpc) is 2.76. The summed E-state index contributed by atoms with van der Waals surface area (Å²) in [6.45, 7) is 15.5. The Morgan fingerprint density at radius 2 is 1.85 bits per heavy atom. The fourth-order valence-electron chi connectivity index (χ4n) is 3.30. The largest absolute Gasteiger partial charge is 0.446 e. The molecule has 1 aliphatic heterocycles. The molecule has 1 aromatic carbocycles. The number of rotatable bonds is 7. The van der Waals surface area contributed by atoms with E-state index in [-0.39, 0.29) is 16.7 Å². The molecule has 3 unspecified atom stereocenters. The Balaban J connectivity index is 0.000000481. The molecule has 2 N–H and O–H groups in total. The maximum Gasteiger partial charge on any atom is 0.446 e. The zero-order valence-electron chi connectivity index (χ0n) is 21.3. The first kappa shape index (κ1) is 32.1. The molecular formula is C25H40F3N3O2S. The molecule has 0 aliphatic carbocycles. The summed E-state index contributed by atoms with van der Waals surface area (Å²) in [7, 11) is 0. The molecule has 3 atom stereocenters. The van der Waals surface area contributed by atoms with Crippen LogP contribution in [-0.2, 0) is 4.79 Å². The SMILES string of the molecule is CC1=NCC(C(=O)NO)C=N1.CCC(C)C(CC)CC(C)C.Cc1cccc(SC(F)(F)F)c1. The lowest BCUT2D eigenvalue weighted by atomic mass is 9.83. The number of hydroxylamine groups is 1. The number of hydrogen-bond donors (Lipinski definition) is 2. The number of halogens is 3. The number of carbonyl (C=O) groups is 1. The number of nitrogens with zero attached hydrogens (tertiary/aromatic N) is 2. The number of thioether (sulfide) groups is 1. The van der Waals surface area contributed by atoms with E-state index >= 15 is 0 Å². The van der Waals surface area contributed by atoms with Crippen LogP contribution in [0.3, 0.4) is 0 Å². The molecular weight excluding hydrogens is 463 g/mol. The third-order valence-corrected chi connectivity index (χ3v) is 6.10. The lowest BCUT2D eigenvalue weighted by Gasteiger charge is -2.23. The second-order valence-corrected chi connectivity index (χ2v) is 9.93. The van der Waals surface area contributed by atoms with E-state index in [0.29, 0.717) is 12.4 Å². The Kier molecular flexibility index (Phi) is 15.8. The van der Waals surface area contributed by atoms with Crippen molar-refractivity contribution in [1.82, 2.24) is 5.48 Å². The molecule has 0 bridgehead atoms. The Bertz CT molecular complexity index is 783. The van der Waals surface area contributed by atoms with E-state index in [2.05, 4.69) is 44.6 Å². The Hall–Kier alpha value is -1.87. The van der Waals surface area contributed by atoms with Gasteiger partial charge in [-0.2, -0.15) is 13.2 Å². The number of benzene rings is 1. The highest BCUT2D eigenvalue weighted by atomic mass is 32.2. The second kappa shape index (κ2) is 16.7. The van der Waals surface area contributed by atoms with Gasteiger partial charge in [0, 0.05) is 11.1 Å². The summed E-state index contributed by atoms with van der Waals surface area (Å²) in [6.07, 6.45) is 5.58. The molecule has 5 nitrogen and oxygen atoms in total. The predicted molar refractivity (Wildman–Crippen MR) is 136 cm³/mol. The van der Waals surface area contributed by atoms with Gasteiger partial charge in [0.25, 0.3) is 5.91 Å². The van der Waals surface area contributed by atoms with Crippen molar-refractivity contribution in [2.24, 2.45) is 33.7 Å². The van der Waals surface area contributed by atoms with Crippen molar-refractivity contribution >= 4 is 29.7 Å². The highest BCUT2D eigenvalue weighted by Gasteiger charge is 2.29. The van der Waals surface area contributed by atoms with Crippen molar-refractivity contribution in [3.8, 4) is 0 Å². The summed E-state index contributed by atoms with van der Waals surface area (Å²) >= 11 is -0.0851. The molecule has 0 fully saturated rings. The number of aryl methyl sites for hydroxylation is 1. The molecule has 1 amide bonds. The first-order valence-electron chi connectivity index (χ1n) is 11.6. The van der Waals surface area contributed by atoms with Crippen LogP contribution in [0.4, 0.5) is 13.2 Å². The van der Waals surface area contributed by atoms with Gasteiger partial charge in [-0.15, -0.1) is 0 Å². The number of hydrogen-bond acceptors (Lipinski definition) is 5. The van der Waals surface area contributed by atoms with E-state index in [1.165, 1.54) is 37.6 Å². The van der Waals surface area contributed by atoms with Gasteiger partial charge in [0.2, 0.25) is 0 Å². The first-order chi connectivity index (χ1) is 15.8. The fourth-order valence-corrected chi connectivity index (χ4v) is 3.96. The smallest absolute Gasteiger partial charge is 0.289 e. The standard InChI is InChI=1S/C11H24.C8H7F3S.C6H9N3O2/c1-6-10(5)11(7-2)8-9(3)4;1-6-3-2-4-7(5-6)12-8(9,10)11;1-4-7-2-5(3-8-4)6(10)9-11/h9-11H,6-8H2,1-5H3;2-5H,1H3;2,5,11H,3H2,1H3,(H,9,10). The number of amidine groups is 1. The normalized spacial score (nSPS) is 16.9. The molecule has 34 heavy (non-hydrogen) atoms. The molecule has 0 radical (unpaired) electrons. The van der Waals surface area contributed by atoms with Crippen molar-refractivity contribution in [3.63, 3.8) is 0 Å². The van der Waals surface area contributed by atoms with Crippen LogP contribution in [0.15, 0.2) is 39.1 Å². The van der Waals surface area contributed by atoms with Gasteiger partial charge in [0.15, 0.2) is 0 Å². The zero-order valence-corrected chi connectivity index (χ0v) is 22.1. The average molecular weight is 504 g/mol. The van der Waals surface area contributed by atoms with Gasteiger partial charge in [0.05, 0.1) is 12.5 Å². The molecule has 194 valence electrons. The minimum Gasteiger partial charge on any atom is -0.289 e. The van der Waals surface area contributed by atoms with E-state index < -0.39 is 17.3 Å². The maximum atomic E-state index is 11.8. The van der Waals surface area contributed by atoms with Crippen LogP contribution in [0.2, 0.25) is 0 Å². The van der Waals surface area contributed by atoms with Crippen LogP contribution < -0.4 is 5.48 Å². The maximum absolute atomic E-state index is 11.8. The molecule has 0 spiro atoms. The molecule has 9 heteroatoms.